The lowest BCUT2D eigenvalue weighted by molar-refractivity contribution is -0.121. The van der Waals surface area contributed by atoms with E-state index in [0.29, 0.717) is 6.42 Å². The molecule has 0 radical (unpaired) electrons. The monoisotopic (exact) mass is 288 g/mol. The Morgan fingerprint density at radius 1 is 1.35 bits per heavy atom. The second-order valence-corrected chi connectivity index (χ2v) is 5.78. The molecule has 1 aromatic carbocycles. The predicted molar refractivity (Wildman–Crippen MR) is 83.8 cm³/mol. The van der Waals surface area contributed by atoms with Gasteiger partial charge in [0.1, 0.15) is 0 Å². The first kappa shape index (κ1) is 14.7. The lowest BCUT2D eigenvalue weighted by atomic mass is 10.0. The maximum absolute atomic E-state index is 11.6. The maximum atomic E-state index is 11.6. The number of hydrogen-bond donors (Lipinski definition) is 1. The highest BCUT2D eigenvalue weighted by molar-refractivity contribution is 7.13. The topological polar surface area (TPSA) is 42.0 Å². The van der Waals surface area contributed by atoms with Crippen LogP contribution in [-0.2, 0) is 4.79 Å². The summed E-state index contributed by atoms with van der Waals surface area (Å²) >= 11 is 1.65. The Morgan fingerprint density at radius 3 is 2.60 bits per heavy atom. The number of nitrogens with zero attached hydrogens (tertiary/aromatic N) is 1. The molecule has 1 atom stereocenters. The van der Waals surface area contributed by atoms with Gasteiger partial charge in [0, 0.05) is 6.42 Å². The van der Waals surface area contributed by atoms with Crippen LogP contribution in [0.4, 0.5) is 0 Å². The molecule has 2 rings (SSSR count). The minimum atomic E-state index is 0.0469. The summed E-state index contributed by atoms with van der Waals surface area (Å²) in [6.45, 7) is 6.05. The number of aromatic nitrogens is 1. The van der Waals surface area contributed by atoms with Crippen molar-refractivity contribution in [2.24, 2.45) is 0 Å². The van der Waals surface area contributed by atoms with E-state index in [-0.39, 0.29) is 11.9 Å². The van der Waals surface area contributed by atoms with E-state index in [1.807, 2.05) is 26.3 Å². The maximum Gasteiger partial charge on any atom is 0.220 e. The molecule has 3 nitrogen and oxygen atoms in total. The van der Waals surface area contributed by atoms with Gasteiger partial charge >= 0.3 is 0 Å². The van der Waals surface area contributed by atoms with E-state index in [2.05, 4.69) is 34.6 Å². The fourth-order valence-corrected chi connectivity index (χ4v) is 2.94. The minimum absolute atomic E-state index is 0.0469. The number of rotatable bonds is 5. The number of carbonyl (C=O) groups excluding carboxylic acids is 1. The molecule has 0 aliphatic carbocycles. The Hall–Kier alpha value is -1.68. The zero-order valence-electron chi connectivity index (χ0n) is 12.1. The normalized spacial score (nSPS) is 12.2. The molecule has 0 spiro atoms. The van der Waals surface area contributed by atoms with Crippen molar-refractivity contribution in [1.29, 1.82) is 0 Å². The summed E-state index contributed by atoms with van der Waals surface area (Å²) in [6, 6.07) is 8.39. The quantitative estimate of drug-likeness (QED) is 0.900. The van der Waals surface area contributed by atoms with E-state index >= 15 is 0 Å². The number of thiazole rings is 1. The number of nitrogens with one attached hydrogen (secondary N) is 1. The van der Waals surface area contributed by atoms with Crippen LogP contribution in [-0.4, -0.2) is 10.9 Å². The predicted octanol–water partition coefficient (Wildman–Crippen LogP) is 4.10. The van der Waals surface area contributed by atoms with Gasteiger partial charge in [0.25, 0.3) is 0 Å². The highest BCUT2D eigenvalue weighted by Gasteiger charge is 2.10. The van der Waals surface area contributed by atoms with Gasteiger partial charge in [0.2, 0.25) is 5.91 Å². The van der Waals surface area contributed by atoms with Crippen molar-refractivity contribution in [3.63, 3.8) is 0 Å². The molecule has 0 bridgehead atoms. The van der Waals surface area contributed by atoms with Crippen LogP contribution in [0.3, 0.4) is 0 Å². The van der Waals surface area contributed by atoms with Gasteiger partial charge in [-0.2, -0.15) is 0 Å². The molecule has 0 fully saturated rings. The number of aryl methyl sites for hydroxylation is 1. The van der Waals surface area contributed by atoms with Gasteiger partial charge in [0.05, 0.1) is 22.1 Å². The van der Waals surface area contributed by atoms with Crippen LogP contribution in [0.25, 0.3) is 10.4 Å². The van der Waals surface area contributed by atoms with Gasteiger partial charge in [-0.05, 0) is 31.4 Å². The molecule has 1 amide bonds. The van der Waals surface area contributed by atoms with Crippen molar-refractivity contribution in [1.82, 2.24) is 10.3 Å². The van der Waals surface area contributed by atoms with Crippen molar-refractivity contribution >= 4 is 17.2 Å². The van der Waals surface area contributed by atoms with Crippen LogP contribution in [0, 0.1) is 6.92 Å². The number of benzene rings is 1. The fraction of sp³-hybridized carbons (Fsp3) is 0.375. The van der Waals surface area contributed by atoms with Crippen LogP contribution >= 0.6 is 11.3 Å². The molecule has 4 heteroatoms. The Labute approximate surface area is 124 Å². The first-order chi connectivity index (χ1) is 9.61. The van der Waals surface area contributed by atoms with Gasteiger partial charge in [-0.1, -0.05) is 31.2 Å². The van der Waals surface area contributed by atoms with Crippen molar-refractivity contribution in [2.75, 3.05) is 0 Å². The average Bonchev–Trinajstić information content (AvgIpc) is 2.85. The Morgan fingerprint density at radius 2 is 2.05 bits per heavy atom. The summed E-state index contributed by atoms with van der Waals surface area (Å²) in [5.41, 5.74) is 5.24. The molecule has 0 saturated heterocycles. The third-order valence-electron chi connectivity index (χ3n) is 3.27. The average molecular weight is 288 g/mol. The van der Waals surface area contributed by atoms with Crippen LogP contribution in [0.5, 0.6) is 0 Å². The molecule has 0 aliphatic rings. The van der Waals surface area contributed by atoms with Gasteiger partial charge in [-0.25, -0.2) is 4.98 Å². The first-order valence-electron chi connectivity index (χ1n) is 6.91. The van der Waals surface area contributed by atoms with Gasteiger partial charge < -0.3 is 5.32 Å². The molecule has 106 valence electrons. The van der Waals surface area contributed by atoms with Crippen molar-refractivity contribution in [3.05, 3.63) is 41.0 Å². The van der Waals surface area contributed by atoms with E-state index in [4.69, 9.17) is 0 Å². The molecule has 1 unspecified atom stereocenters. The van der Waals surface area contributed by atoms with Gasteiger partial charge in [-0.3, -0.25) is 4.79 Å². The van der Waals surface area contributed by atoms with Gasteiger partial charge in [-0.15, -0.1) is 11.3 Å². The second-order valence-electron chi connectivity index (χ2n) is 4.93. The molecule has 0 saturated carbocycles. The largest absolute Gasteiger partial charge is 0.350 e. The zero-order chi connectivity index (χ0) is 14.5. The van der Waals surface area contributed by atoms with Crippen LogP contribution < -0.4 is 5.32 Å². The number of amides is 1. The third-order valence-corrected chi connectivity index (χ3v) is 4.25. The highest BCUT2D eigenvalue weighted by Crippen LogP contribution is 2.28. The summed E-state index contributed by atoms with van der Waals surface area (Å²) in [6.07, 6.45) is 1.46. The Bertz CT molecular complexity index is 574. The van der Waals surface area contributed by atoms with E-state index < -0.39 is 0 Å². The second kappa shape index (κ2) is 6.66. The summed E-state index contributed by atoms with van der Waals surface area (Å²) in [5, 5.41) is 3.01. The molecule has 1 heterocycles. The van der Waals surface area contributed by atoms with E-state index in [9.17, 15) is 4.79 Å². The Balaban J connectivity index is 2.08. The smallest absolute Gasteiger partial charge is 0.220 e. The van der Waals surface area contributed by atoms with Gasteiger partial charge in [0.15, 0.2) is 0 Å². The number of hydrogen-bond acceptors (Lipinski definition) is 3. The van der Waals surface area contributed by atoms with E-state index in [0.717, 1.165) is 17.7 Å². The molecule has 1 N–H and O–H groups in total. The van der Waals surface area contributed by atoms with Crippen molar-refractivity contribution in [2.45, 2.75) is 39.7 Å². The molecular weight excluding hydrogens is 268 g/mol. The van der Waals surface area contributed by atoms with Crippen LogP contribution in [0.1, 0.15) is 44.0 Å². The minimum Gasteiger partial charge on any atom is -0.350 e. The highest BCUT2D eigenvalue weighted by atomic mass is 32.1. The lowest BCUT2D eigenvalue weighted by Gasteiger charge is -2.14. The first-order valence-corrected chi connectivity index (χ1v) is 7.79. The van der Waals surface area contributed by atoms with Crippen molar-refractivity contribution < 1.29 is 4.79 Å². The summed E-state index contributed by atoms with van der Waals surface area (Å²) in [7, 11) is 0. The SMILES string of the molecule is CCCC(=O)NC(C)c1ccc(-c2scnc2C)cc1. The number of carbonyl (C=O) groups is 1. The Kier molecular flexibility index (Phi) is 4.90. The molecule has 20 heavy (non-hydrogen) atoms. The third kappa shape index (κ3) is 3.45. The summed E-state index contributed by atoms with van der Waals surface area (Å²) in [5.74, 6) is 0.113. The van der Waals surface area contributed by atoms with E-state index in [1.54, 1.807) is 11.3 Å². The zero-order valence-corrected chi connectivity index (χ0v) is 13.0. The van der Waals surface area contributed by atoms with Crippen LogP contribution in [0.2, 0.25) is 0 Å². The molecule has 0 aliphatic heterocycles. The van der Waals surface area contributed by atoms with Crippen LogP contribution in [0.15, 0.2) is 29.8 Å². The molecule has 2 aromatic rings. The molecular formula is C16H20N2OS. The van der Waals surface area contributed by atoms with Crippen molar-refractivity contribution in [3.8, 4) is 10.4 Å². The van der Waals surface area contributed by atoms with E-state index in [1.165, 1.54) is 10.4 Å². The summed E-state index contributed by atoms with van der Waals surface area (Å²) < 4.78 is 0. The fourth-order valence-electron chi connectivity index (χ4n) is 2.13. The molecule has 1 aromatic heterocycles. The summed E-state index contributed by atoms with van der Waals surface area (Å²) in [4.78, 5) is 17.1. The standard InChI is InChI=1S/C16H20N2OS/c1-4-5-15(19)18-11(2)13-6-8-14(9-7-13)16-12(3)17-10-20-16/h6-11H,4-5H2,1-3H3,(H,18,19). The lowest BCUT2D eigenvalue weighted by Crippen LogP contribution is -2.26.